The zero-order chi connectivity index (χ0) is 12.5. The van der Waals surface area contributed by atoms with Crippen molar-refractivity contribution in [2.75, 3.05) is 0 Å². The van der Waals surface area contributed by atoms with E-state index in [0.29, 0.717) is 5.56 Å². The zero-order valence-corrected chi connectivity index (χ0v) is 10.1. The molecule has 0 bridgehead atoms. The molecule has 0 spiro atoms. The maximum atomic E-state index is 11.5. The van der Waals surface area contributed by atoms with E-state index in [4.69, 9.17) is 5.73 Å². The molecular formula is C14H15N3O. The van der Waals surface area contributed by atoms with Crippen molar-refractivity contribution in [1.29, 1.82) is 0 Å². The summed E-state index contributed by atoms with van der Waals surface area (Å²) in [7, 11) is 0. The van der Waals surface area contributed by atoms with E-state index in [1.165, 1.54) is 0 Å². The maximum Gasteiger partial charge on any atom is 0.250 e. The van der Waals surface area contributed by atoms with Crippen molar-refractivity contribution in [2.45, 2.75) is 25.8 Å². The maximum absolute atomic E-state index is 11.5. The number of carbonyl (C=O) groups is 1. The monoisotopic (exact) mass is 241 g/mol. The molecule has 3 heterocycles. The van der Waals surface area contributed by atoms with Gasteiger partial charge in [0.15, 0.2) is 0 Å². The van der Waals surface area contributed by atoms with Gasteiger partial charge >= 0.3 is 0 Å². The van der Waals surface area contributed by atoms with Crippen molar-refractivity contribution in [1.82, 2.24) is 9.55 Å². The first kappa shape index (κ1) is 11.0. The van der Waals surface area contributed by atoms with E-state index in [9.17, 15) is 4.79 Å². The smallest absolute Gasteiger partial charge is 0.250 e. The predicted molar refractivity (Wildman–Crippen MR) is 69.1 cm³/mol. The molecule has 2 N–H and O–H groups in total. The lowest BCUT2D eigenvalue weighted by atomic mass is 10.1. The summed E-state index contributed by atoms with van der Waals surface area (Å²) in [6, 6.07) is 5.82. The summed E-state index contributed by atoms with van der Waals surface area (Å²) in [4.78, 5) is 15.6. The average Bonchev–Trinajstić information content (AvgIpc) is 2.79. The Hall–Kier alpha value is -2.10. The van der Waals surface area contributed by atoms with Gasteiger partial charge in [0, 0.05) is 30.2 Å². The molecule has 0 atom stereocenters. The fourth-order valence-electron chi connectivity index (χ4n) is 2.64. The van der Waals surface area contributed by atoms with Crippen LogP contribution < -0.4 is 5.73 Å². The molecule has 0 aliphatic carbocycles. The van der Waals surface area contributed by atoms with Gasteiger partial charge in [-0.3, -0.25) is 9.78 Å². The van der Waals surface area contributed by atoms with Crippen LogP contribution in [0.2, 0.25) is 0 Å². The van der Waals surface area contributed by atoms with E-state index in [1.54, 1.807) is 6.20 Å². The van der Waals surface area contributed by atoms with Crippen molar-refractivity contribution in [3.05, 3.63) is 41.9 Å². The molecule has 0 saturated heterocycles. The number of pyridine rings is 1. The summed E-state index contributed by atoms with van der Waals surface area (Å²) in [6.45, 7) is 0.951. The van der Waals surface area contributed by atoms with Gasteiger partial charge in [0.2, 0.25) is 0 Å². The van der Waals surface area contributed by atoms with Gasteiger partial charge in [0.1, 0.15) is 0 Å². The molecule has 1 aliphatic heterocycles. The summed E-state index contributed by atoms with van der Waals surface area (Å²) in [5.41, 5.74) is 9.28. The van der Waals surface area contributed by atoms with Crippen LogP contribution in [-0.4, -0.2) is 15.5 Å². The van der Waals surface area contributed by atoms with Crippen LogP contribution in [0, 0.1) is 0 Å². The first-order valence-electron chi connectivity index (χ1n) is 6.20. The van der Waals surface area contributed by atoms with Crippen LogP contribution in [0.4, 0.5) is 0 Å². The van der Waals surface area contributed by atoms with E-state index >= 15 is 0 Å². The number of hydrogen-bond acceptors (Lipinski definition) is 2. The number of primary amides is 1. The second kappa shape index (κ2) is 4.29. The molecule has 4 heteroatoms. The van der Waals surface area contributed by atoms with Crippen molar-refractivity contribution in [3.8, 4) is 11.3 Å². The third-order valence-corrected chi connectivity index (χ3v) is 3.48. The number of aromatic nitrogens is 2. The largest absolute Gasteiger partial charge is 0.366 e. The Kier molecular flexibility index (Phi) is 2.63. The second-order valence-corrected chi connectivity index (χ2v) is 4.60. The van der Waals surface area contributed by atoms with E-state index in [-0.39, 0.29) is 5.91 Å². The van der Waals surface area contributed by atoms with Gasteiger partial charge in [0.25, 0.3) is 5.91 Å². The fourth-order valence-corrected chi connectivity index (χ4v) is 2.64. The standard InChI is InChI=1S/C14H15N3O/c15-14(18)11-8-13(10-4-3-6-16-9-10)17-7-2-1-5-12(11)17/h3-4,6,8-9H,1-2,5,7H2,(H2,15,18). The van der Waals surface area contributed by atoms with Crippen LogP contribution in [0.25, 0.3) is 11.3 Å². The summed E-state index contributed by atoms with van der Waals surface area (Å²) in [6.07, 6.45) is 6.77. The first-order chi connectivity index (χ1) is 8.77. The third kappa shape index (κ3) is 1.70. The number of hydrogen-bond donors (Lipinski definition) is 1. The highest BCUT2D eigenvalue weighted by Crippen LogP contribution is 2.29. The van der Waals surface area contributed by atoms with Gasteiger partial charge in [-0.2, -0.15) is 0 Å². The number of nitrogens with zero attached hydrogens (tertiary/aromatic N) is 2. The molecule has 3 rings (SSSR count). The van der Waals surface area contributed by atoms with E-state index in [0.717, 1.165) is 42.8 Å². The van der Waals surface area contributed by atoms with E-state index in [2.05, 4.69) is 9.55 Å². The normalized spacial score (nSPS) is 14.2. The molecule has 18 heavy (non-hydrogen) atoms. The van der Waals surface area contributed by atoms with Crippen molar-refractivity contribution >= 4 is 5.91 Å². The second-order valence-electron chi connectivity index (χ2n) is 4.60. The summed E-state index contributed by atoms with van der Waals surface area (Å²) in [5, 5.41) is 0. The molecular weight excluding hydrogens is 226 g/mol. The van der Waals surface area contributed by atoms with E-state index in [1.807, 2.05) is 24.4 Å². The molecule has 2 aromatic heterocycles. The Bertz CT molecular complexity index is 587. The lowest BCUT2D eigenvalue weighted by Gasteiger charge is -2.18. The van der Waals surface area contributed by atoms with Gasteiger partial charge in [0.05, 0.1) is 11.3 Å². The minimum atomic E-state index is -0.337. The van der Waals surface area contributed by atoms with Gasteiger partial charge in [-0.25, -0.2) is 0 Å². The lowest BCUT2D eigenvalue weighted by Crippen LogP contribution is -2.17. The van der Waals surface area contributed by atoms with Crippen LogP contribution in [0.15, 0.2) is 30.6 Å². The topological polar surface area (TPSA) is 60.9 Å². The van der Waals surface area contributed by atoms with Crippen LogP contribution in [-0.2, 0) is 13.0 Å². The number of nitrogens with two attached hydrogens (primary N) is 1. The minimum absolute atomic E-state index is 0.337. The predicted octanol–water partition coefficient (Wildman–Crippen LogP) is 1.99. The number of rotatable bonds is 2. The van der Waals surface area contributed by atoms with Crippen molar-refractivity contribution < 1.29 is 4.79 Å². The van der Waals surface area contributed by atoms with Crippen molar-refractivity contribution in [2.24, 2.45) is 5.73 Å². The lowest BCUT2D eigenvalue weighted by molar-refractivity contribution is 0.0999. The Balaban J connectivity index is 2.18. The zero-order valence-electron chi connectivity index (χ0n) is 10.1. The SMILES string of the molecule is NC(=O)c1cc(-c2cccnc2)n2c1CCCC2. The van der Waals surface area contributed by atoms with Gasteiger partial charge in [-0.1, -0.05) is 0 Å². The summed E-state index contributed by atoms with van der Waals surface area (Å²) < 4.78 is 2.21. The molecule has 0 aromatic carbocycles. The molecule has 0 radical (unpaired) electrons. The molecule has 0 fully saturated rings. The highest BCUT2D eigenvalue weighted by atomic mass is 16.1. The first-order valence-corrected chi connectivity index (χ1v) is 6.20. The molecule has 1 aliphatic rings. The van der Waals surface area contributed by atoms with Gasteiger partial charge in [-0.15, -0.1) is 0 Å². The van der Waals surface area contributed by atoms with Crippen LogP contribution in [0.5, 0.6) is 0 Å². The minimum Gasteiger partial charge on any atom is -0.366 e. The Labute approximate surface area is 105 Å². The van der Waals surface area contributed by atoms with Crippen molar-refractivity contribution in [3.63, 3.8) is 0 Å². The number of carbonyl (C=O) groups excluding carboxylic acids is 1. The molecule has 2 aromatic rings. The Morgan fingerprint density at radius 2 is 2.28 bits per heavy atom. The summed E-state index contributed by atoms with van der Waals surface area (Å²) >= 11 is 0. The Morgan fingerprint density at radius 1 is 1.39 bits per heavy atom. The molecule has 0 saturated carbocycles. The van der Waals surface area contributed by atoms with Crippen LogP contribution in [0.3, 0.4) is 0 Å². The number of fused-ring (bicyclic) bond motifs is 1. The van der Waals surface area contributed by atoms with Gasteiger partial charge in [-0.05, 0) is 37.5 Å². The number of amides is 1. The third-order valence-electron chi connectivity index (χ3n) is 3.48. The Morgan fingerprint density at radius 3 is 3.00 bits per heavy atom. The van der Waals surface area contributed by atoms with Crippen LogP contribution >= 0.6 is 0 Å². The highest BCUT2D eigenvalue weighted by Gasteiger charge is 2.21. The molecule has 4 nitrogen and oxygen atoms in total. The molecule has 0 unspecified atom stereocenters. The van der Waals surface area contributed by atoms with E-state index < -0.39 is 0 Å². The highest BCUT2D eigenvalue weighted by molar-refractivity contribution is 5.95. The molecule has 92 valence electrons. The molecule has 1 amide bonds. The summed E-state index contributed by atoms with van der Waals surface area (Å²) in [5.74, 6) is -0.337. The average molecular weight is 241 g/mol. The quantitative estimate of drug-likeness (QED) is 0.874. The fraction of sp³-hybridized carbons (Fsp3) is 0.286. The van der Waals surface area contributed by atoms with Crippen LogP contribution in [0.1, 0.15) is 28.9 Å². The van der Waals surface area contributed by atoms with Gasteiger partial charge < -0.3 is 10.3 Å².